The highest BCUT2D eigenvalue weighted by atomic mass is 127. The maximum absolute atomic E-state index is 13.2. The van der Waals surface area contributed by atoms with Crippen molar-refractivity contribution in [3.05, 3.63) is 35.1 Å². The van der Waals surface area contributed by atoms with Crippen molar-refractivity contribution in [1.82, 2.24) is 15.5 Å². The van der Waals surface area contributed by atoms with Crippen molar-refractivity contribution in [2.75, 3.05) is 32.7 Å². The number of hydrogen-bond donors (Lipinski definition) is 2. The average Bonchev–Trinajstić information content (AvgIpc) is 2.84. The molecule has 7 heteroatoms. The Kier molecular flexibility index (Phi) is 12.1. The second-order valence-corrected chi connectivity index (χ2v) is 7.05. The number of halogens is 2. The molecule has 28 heavy (non-hydrogen) atoms. The number of aryl methyl sites for hydroxylation is 1. The third-order valence-electron chi connectivity index (χ3n) is 4.86. The van der Waals surface area contributed by atoms with Crippen LogP contribution in [0.15, 0.2) is 23.2 Å². The van der Waals surface area contributed by atoms with Crippen LogP contribution in [0.25, 0.3) is 0 Å². The van der Waals surface area contributed by atoms with E-state index in [1.54, 1.807) is 6.07 Å². The monoisotopic (exact) mass is 504 g/mol. The second kappa shape index (κ2) is 13.7. The summed E-state index contributed by atoms with van der Waals surface area (Å²) in [7, 11) is 0. The van der Waals surface area contributed by atoms with Gasteiger partial charge in [0.05, 0.1) is 0 Å². The zero-order chi connectivity index (χ0) is 19.5. The largest absolute Gasteiger partial charge is 0.357 e. The SMILES string of the molecule is CCNC(=NCCCN1CCCCCC1=O)NCCc1ccc(F)cc1C.I. The van der Waals surface area contributed by atoms with Gasteiger partial charge in [-0.1, -0.05) is 12.5 Å². The molecule has 2 N–H and O–H groups in total. The minimum Gasteiger partial charge on any atom is -0.357 e. The van der Waals surface area contributed by atoms with Gasteiger partial charge in [0.15, 0.2) is 5.96 Å². The first-order valence-electron chi connectivity index (χ1n) is 10.1. The highest BCUT2D eigenvalue weighted by Gasteiger charge is 2.15. The average molecular weight is 504 g/mol. The van der Waals surface area contributed by atoms with Gasteiger partial charge in [0.25, 0.3) is 0 Å². The highest BCUT2D eigenvalue weighted by molar-refractivity contribution is 14.0. The van der Waals surface area contributed by atoms with Crippen molar-refractivity contribution in [2.24, 2.45) is 4.99 Å². The Bertz CT molecular complexity index is 639. The first kappa shape index (κ1) is 24.7. The van der Waals surface area contributed by atoms with Gasteiger partial charge in [-0.25, -0.2) is 4.39 Å². The van der Waals surface area contributed by atoms with E-state index in [2.05, 4.69) is 15.6 Å². The third kappa shape index (κ3) is 8.75. The molecule has 158 valence electrons. The van der Waals surface area contributed by atoms with E-state index in [-0.39, 0.29) is 35.7 Å². The maximum Gasteiger partial charge on any atom is 0.222 e. The molecule has 1 aromatic carbocycles. The smallest absolute Gasteiger partial charge is 0.222 e. The van der Waals surface area contributed by atoms with E-state index in [4.69, 9.17) is 0 Å². The number of carbonyl (C=O) groups excluding carboxylic acids is 1. The predicted molar refractivity (Wildman–Crippen MR) is 124 cm³/mol. The molecule has 1 saturated heterocycles. The Balaban J connectivity index is 0.00000392. The summed E-state index contributed by atoms with van der Waals surface area (Å²) in [4.78, 5) is 18.6. The topological polar surface area (TPSA) is 56.7 Å². The van der Waals surface area contributed by atoms with Crippen LogP contribution in [0.1, 0.15) is 50.2 Å². The molecule has 1 heterocycles. The molecule has 2 rings (SSSR count). The highest BCUT2D eigenvalue weighted by Crippen LogP contribution is 2.11. The quantitative estimate of drug-likeness (QED) is 0.246. The lowest BCUT2D eigenvalue weighted by Gasteiger charge is -2.20. The predicted octanol–water partition coefficient (Wildman–Crippen LogP) is 3.64. The number of carbonyl (C=O) groups is 1. The number of amides is 1. The van der Waals surface area contributed by atoms with E-state index >= 15 is 0 Å². The van der Waals surface area contributed by atoms with Crippen LogP contribution in [0.3, 0.4) is 0 Å². The first-order valence-corrected chi connectivity index (χ1v) is 10.1. The molecule has 0 aromatic heterocycles. The summed E-state index contributed by atoms with van der Waals surface area (Å²) in [5.41, 5.74) is 2.11. The summed E-state index contributed by atoms with van der Waals surface area (Å²) < 4.78 is 13.2. The molecule has 1 aliphatic rings. The Hall–Kier alpha value is -1.38. The number of rotatable bonds is 8. The van der Waals surface area contributed by atoms with Crippen LogP contribution in [0.2, 0.25) is 0 Å². The molecule has 0 bridgehead atoms. The molecule has 0 saturated carbocycles. The van der Waals surface area contributed by atoms with Crippen LogP contribution >= 0.6 is 24.0 Å². The van der Waals surface area contributed by atoms with E-state index in [1.807, 2.05) is 24.8 Å². The maximum atomic E-state index is 13.2. The van der Waals surface area contributed by atoms with Gasteiger partial charge in [0.1, 0.15) is 5.82 Å². The lowest BCUT2D eigenvalue weighted by atomic mass is 10.1. The van der Waals surface area contributed by atoms with E-state index in [0.717, 1.165) is 75.4 Å². The number of benzene rings is 1. The van der Waals surface area contributed by atoms with Crippen LogP contribution in [-0.2, 0) is 11.2 Å². The molecule has 1 amide bonds. The minimum atomic E-state index is -0.193. The van der Waals surface area contributed by atoms with Crippen molar-refractivity contribution in [3.8, 4) is 0 Å². The zero-order valence-corrected chi connectivity index (χ0v) is 19.4. The van der Waals surface area contributed by atoms with Crippen LogP contribution < -0.4 is 10.6 Å². The van der Waals surface area contributed by atoms with Gasteiger partial charge < -0.3 is 15.5 Å². The number of hydrogen-bond acceptors (Lipinski definition) is 2. The molecule has 1 fully saturated rings. The van der Waals surface area contributed by atoms with Gasteiger partial charge >= 0.3 is 0 Å². The van der Waals surface area contributed by atoms with Gasteiger partial charge in [-0.15, -0.1) is 24.0 Å². The van der Waals surface area contributed by atoms with E-state index in [9.17, 15) is 9.18 Å². The fraction of sp³-hybridized carbons (Fsp3) is 0.619. The zero-order valence-electron chi connectivity index (χ0n) is 17.1. The number of likely N-dealkylation sites (tertiary alicyclic amines) is 1. The Morgan fingerprint density at radius 3 is 2.82 bits per heavy atom. The van der Waals surface area contributed by atoms with Gasteiger partial charge in [-0.05, 0) is 62.8 Å². The van der Waals surface area contributed by atoms with Crippen molar-refractivity contribution in [2.45, 2.75) is 52.4 Å². The van der Waals surface area contributed by atoms with Gasteiger partial charge in [0.2, 0.25) is 5.91 Å². The van der Waals surface area contributed by atoms with Gasteiger partial charge in [-0.2, -0.15) is 0 Å². The van der Waals surface area contributed by atoms with Crippen LogP contribution in [0.5, 0.6) is 0 Å². The molecule has 0 radical (unpaired) electrons. The fourth-order valence-electron chi connectivity index (χ4n) is 3.32. The first-order chi connectivity index (χ1) is 13.1. The fourth-order valence-corrected chi connectivity index (χ4v) is 3.32. The standard InChI is InChI=1S/C21H33FN4O.HI/c1-3-23-21(25-13-11-18-9-10-19(22)16-17(18)2)24-12-7-15-26-14-6-4-5-8-20(26)27;/h9-10,16H,3-8,11-15H2,1-2H3,(H2,23,24,25);1H. The van der Waals surface area contributed by atoms with Crippen molar-refractivity contribution < 1.29 is 9.18 Å². The summed E-state index contributed by atoms with van der Waals surface area (Å²) >= 11 is 0. The summed E-state index contributed by atoms with van der Waals surface area (Å²) in [6.45, 7) is 7.87. The molecule has 0 spiro atoms. The lowest BCUT2D eigenvalue weighted by molar-refractivity contribution is -0.130. The number of aliphatic imine (C=N–C) groups is 1. The molecule has 0 unspecified atom stereocenters. The Labute approximate surface area is 185 Å². The van der Waals surface area contributed by atoms with Crippen LogP contribution in [0, 0.1) is 12.7 Å². The van der Waals surface area contributed by atoms with Gasteiger partial charge in [0, 0.05) is 39.1 Å². The molecular weight excluding hydrogens is 470 g/mol. The molecule has 1 aromatic rings. The normalized spacial score (nSPS) is 15.0. The number of nitrogens with zero attached hydrogens (tertiary/aromatic N) is 2. The summed E-state index contributed by atoms with van der Waals surface area (Å²) in [6.07, 6.45) is 5.67. The van der Waals surface area contributed by atoms with Crippen molar-refractivity contribution in [3.63, 3.8) is 0 Å². The van der Waals surface area contributed by atoms with Gasteiger partial charge in [-0.3, -0.25) is 9.79 Å². The molecule has 0 aliphatic carbocycles. The lowest BCUT2D eigenvalue weighted by Crippen LogP contribution is -2.38. The molecular formula is C21H34FIN4O. The molecule has 1 aliphatic heterocycles. The summed E-state index contributed by atoms with van der Waals surface area (Å²) in [5, 5.41) is 6.58. The summed E-state index contributed by atoms with van der Waals surface area (Å²) in [5.74, 6) is 0.887. The van der Waals surface area contributed by atoms with Crippen LogP contribution in [-0.4, -0.2) is 49.5 Å². The Morgan fingerprint density at radius 1 is 1.25 bits per heavy atom. The molecule has 5 nitrogen and oxygen atoms in total. The number of nitrogens with one attached hydrogen (secondary N) is 2. The van der Waals surface area contributed by atoms with Crippen molar-refractivity contribution >= 4 is 35.8 Å². The summed E-state index contributed by atoms with van der Waals surface area (Å²) in [6, 6.07) is 4.92. The van der Waals surface area contributed by atoms with E-state index in [1.165, 1.54) is 6.07 Å². The number of guanidine groups is 1. The van der Waals surface area contributed by atoms with E-state index in [0.29, 0.717) is 13.0 Å². The minimum absolute atomic E-state index is 0. The second-order valence-electron chi connectivity index (χ2n) is 7.05. The Morgan fingerprint density at radius 2 is 2.07 bits per heavy atom. The third-order valence-corrected chi connectivity index (χ3v) is 4.86. The van der Waals surface area contributed by atoms with Crippen LogP contribution in [0.4, 0.5) is 4.39 Å². The van der Waals surface area contributed by atoms with Crippen molar-refractivity contribution in [1.29, 1.82) is 0 Å². The molecule has 0 atom stereocenters. The van der Waals surface area contributed by atoms with E-state index < -0.39 is 0 Å².